The van der Waals surface area contributed by atoms with Crippen LogP contribution in [0, 0.1) is 0 Å². The number of carboxylic acid groups (broad SMARTS) is 1. The number of hydrogen-bond donors (Lipinski definition) is 2. The number of benzene rings is 1. The zero-order valence-electron chi connectivity index (χ0n) is 15.7. The quantitative estimate of drug-likeness (QED) is 0.554. The number of carbonyl (C=O) groups excluding carboxylic acids is 1. The van der Waals surface area contributed by atoms with Crippen molar-refractivity contribution in [1.29, 1.82) is 0 Å². The molecule has 0 fully saturated rings. The summed E-state index contributed by atoms with van der Waals surface area (Å²) < 4.78 is 1.65. The van der Waals surface area contributed by atoms with Gasteiger partial charge in [-0.15, -0.1) is 0 Å². The SMILES string of the molecule is CCc1ccc2c(c1)c(=O)n(CC(=O)O)c(=O)n2CC(=O)Nc1cc(Cl)nc(Cl)c1. The minimum Gasteiger partial charge on any atom is -0.480 e. The lowest BCUT2D eigenvalue weighted by Gasteiger charge is -2.14. The van der Waals surface area contributed by atoms with Gasteiger partial charge in [-0.1, -0.05) is 36.2 Å². The average Bonchev–Trinajstić information content (AvgIpc) is 2.67. The number of halogens is 2. The van der Waals surface area contributed by atoms with Gasteiger partial charge in [-0.05, 0) is 36.2 Å². The predicted octanol–water partition coefficient (Wildman–Crippen LogP) is 2.15. The summed E-state index contributed by atoms with van der Waals surface area (Å²) >= 11 is 11.6. The van der Waals surface area contributed by atoms with Crippen LogP contribution in [0.3, 0.4) is 0 Å². The monoisotopic (exact) mass is 450 g/mol. The van der Waals surface area contributed by atoms with E-state index >= 15 is 0 Å². The van der Waals surface area contributed by atoms with Crippen molar-refractivity contribution < 1.29 is 14.7 Å². The Hall–Kier alpha value is -3.17. The number of carboxylic acids is 1. The maximum absolute atomic E-state index is 12.8. The molecule has 9 nitrogen and oxygen atoms in total. The third-order valence-electron chi connectivity index (χ3n) is 4.34. The van der Waals surface area contributed by atoms with Gasteiger partial charge in [0.15, 0.2) is 0 Å². The van der Waals surface area contributed by atoms with Crippen LogP contribution in [0.2, 0.25) is 10.3 Å². The van der Waals surface area contributed by atoms with E-state index in [0.29, 0.717) is 11.0 Å². The number of carbonyl (C=O) groups is 2. The minimum atomic E-state index is -1.35. The first-order valence-corrected chi connectivity index (χ1v) is 9.56. The van der Waals surface area contributed by atoms with Gasteiger partial charge >= 0.3 is 11.7 Å². The second-order valence-electron chi connectivity index (χ2n) is 6.41. The lowest BCUT2D eigenvalue weighted by Crippen LogP contribution is -2.43. The maximum Gasteiger partial charge on any atom is 0.332 e. The van der Waals surface area contributed by atoms with E-state index in [2.05, 4.69) is 10.3 Å². The lowest BCUT2D eigenvalue weighted by molar-refractivity contribution is -0.137. The molecule has 2 aromatic heterocycles. The molecule has 11 heteroatoms. The summed E-state index contributed by atoms with van der Waals surface area (Å²) in [7, 11) is 0. The third kappa shape index (κ3) is 4.52. The average molecular weight is 451 g/mol. The zero-order chi connectivity index (χ0) is 22.0. The molecule has 3 aromatic rings. The number of nitrogens with zero attached hydrogens (tertiary/aromatic N) is 3. The van der Waals surface area contributed by atoms with Crippen molar-refractivity contribution in [3.63, 3.8) is 0 Å². The van der Waals surface area contributed by atoms with Gasteiger partial charge < -0.3 is 10.4 Å². The fourth-order valence-corrected chi connectivity index (χ4v) is 3.46. The van der Waals surface area contributed by atoms with E-state index in [0.717, 1.165) is 10.1 Å². The van der Waals surface area contributed by atoms with Crippen molar-refractivity contribution in [3.05, 3.63) is 67.0 Å². The molecule has 2 N–H and O–H groups in total. The van der Waals surface area contributed by atoms with Crippen LogP contribution in [0.4, 0.5) is 5.69 Å². The number of aromatic nitrogens is 3. The number of rotatable bonds is 6. The smallest absolute Gasteiger partial charge is 0.332 e. The summed E-state index contributed by atoms with van der Waals surface area (Å²) in [5.41, 5.74) is -0.298. The van der Waals surface area contributed by atoms with Crippen LogP contribution in [0.1, 0.15) is 12.5 Å². The molecule has 0 aliphatic heterocycles. The van der Waals surface area contributed by atoms with Crippen LogP contribution in [0.15, 0.2) is 39.9 Å². The summed E-state index contributed by atoms with van der Waals surface area (Å²) in [4.78, 5) is 53.0. The molecule has 0 atom stereocenters. The summed E-state index contributed by atoms with van der Waals surface area (Å²) in [6, 6.07) is 7.65. The molecular formula is C19H16Cl2N4O5. The van der Waals surface area contributed by atoms with Crippen LogP contribution in [-0.2, 0) is 29.1 Å². The lowest BCUT2D eigenvalue weighted by atomic mass is 10.1. The van der Waals surface area contributed by atoms with Crippen molar-refractivity contribution in [3.8, 4) is 0 Å². The van der Waals surface area contributed by atoms with E-state index in [9.17, 15) is 19.2 Å². The van der Waals surface area contributed by atoms with Crippen molar-refractivity contribution in [2.75, 3.05) is 5.32 Å². The molecule has 3 rings (SSSR count). The summed E-state index contributed by atoms with van der Waals surface area (Å²) in [6.45, 7) is 0.616. The standard InChI is InChI=1S/C19H16Cl2N4O5/c1-2-10-3-4-13-12(5-10)18(29)25(9-17(27)28)19(30)24(13)8-16(26)22-11-6-14(20)23-15(21)7-11/h3-7H,2,8-9H2,1H3,(H,27,28)(H,22,23,26). The van der Waals surface area contributed by atoms with Gasteiger partial charge in [0.05, 0.1) is 10.9 Å². The Morgan fingerprint density at radius 3 is 2.33 bits per heavy atom. The number of aryl methyl sites for hydroxylation is 1. The van der Waals surface area contributed by atoms with Crippen LogP contribution < -0.4 is 16.6 Å². The fourth-order valence-electron chi connectivity index (χ4n) is 3.00. The van der Waals surface area contributed by atoms with E-state index in [1.54, 1.807) is 18.2 Å². The predicted molar refractivity (Wildman–Crippen MR) is 112 cm³/mol. The molecule has 0 radical (unpaired) electrons. The Labute approximate surface area is 179 Å². The molecule has 0 saturated carbocycles. The van der Waals surface area contributed by atoms with Gasteiger partial charge in [0, 0.05) is 5.69 Å². The van der Waals surface area contributed by atoms with E-state index < -0.39 is 36.2 Å². The second-order valence-corrected chi connectivity index (χ2v) is 7.18. The van der Waals surface area contributed by atoms with E-state index in [4.69, 9.17) is 28.3 Å². The van der Waals surface area contributed by atoms with Gasteiger partial charge in [-0.25, -0.2) is 14.3 Å². The number of fused-ring (bicyclic) bond motifs is 1. The van der Waals surface area contributed by atoms with E-state index in [1.807, 2.05) is 6.92 Å². The molecule has 2 heterocycles. The van der Waals surface area contributed by atoms with E-state index in [-0.39, 0.29) is 26.9 Å². The highest BCUT2D eigenvalue weighted by molar-refractivity contribution is 6.33. The Kier molecular flexibility index (Phi) is 6.23. The van der Waals surface area contributed by atoms with Crippen molar-refractivity contribution in [2.24, 2.45) is 0 Å². The maximum atomic E-state index is 12.8. The molecule has 1 amide bonds. The van der Waals surface area contributed by atoms with Crippen molar-refractivity contribution >= 4 is 51.7 Å². The van der Waals surface area contributed by atoms with Gasteiger partial charge in [-0.3, -0.25) is 19.0 Å². The third-order valence-corrected chi connectivity index (χ3v) is 4.73. The van der Waals surface area contributed by atoms with Gasteiger partial charge in [0.1, 0.15) is 23.4 Å². The number of anilines is 1. The minimum absolute atomic E-state index is 0.0718. The molecule has 0 bridgehead atoms. The topological polar surface area (TPSA) is 123 Å². The first-order valence-electron chi connectivity index (χ1n) is 8.80. The molecule has 0 aliphatic rings. The fraction of sp³-hybridized carbons (Fsp3) is 0.211. The van der Waals surface area contributed by atoms with E-state index in [1.165, 1.54) is 12.1 Å². The molecule has 0 aliphatic carbocycles. The van der Waals surface area contributed by atoms with Crippen LogP contribution in [0.5, 0.6) is 0 Å². The van der Waals surface area contributed by atoms with Crippen LogP contribution in [-0.4, -0.2) is 31.1 Å². The molecule has 0 spiro atoms. The molecule has 30 heavy (non-hydrogen) atoms. The highest BCUT2D eigenvalue weighted by Crippen LogP contribution is 2.19. The number of pyridine rings is 1. The van der Waals surface area contributed by atoms with Crippen LogP contribution in [0.25, 0.3) is 10.9 Å². The summed E-state index contributed by atoms with van der Waals surface area (Å²) in [5.74, 6) is -1.95. The Balaban J connectivity index is 2.09. The Morgan fingerprint density at radius 2 is 1.73 bits per heavy atom. The molecule has 156 valence electrons. The second kappa shape index (κ2) is 8.68. The van der Waals surface area contributed by atoms with Crippen LogP contribution >= 0.6 is 23.2 Å². The molecule has 0 saturated heterocycles. The first kappa shape index (κ1) is 21.5. The number of amides is 1. The Morgan fingerprint density at radius 1 is 1.07 bits per heavy atom. The highest BCUT2D eigenvalue weighted by Gasteiger charge is 2.17. The Bertz CT molecular complexity index is 1260. The van der Waals surface area contributed by atoms with Gasteiger partial charge in [0.2, 0.25) is 5.91 Å². The van der Waals surface area contributed by atoms with Gasteiger partial charge in [0.25, 0.3) is 5.56 Å². The van der Waals surface area contributed by atoms with Crippen molar-refractivity contribution in [2.45, 2.75) is 26.4 Å². The number of aliphatic carboxylic acids is 1. The summed E-state index contributed by atoms with van der Waals surface area (Å²) in [6.07, 6.45) is 0.636. The zero-order valence-corrected chi connectivity index (χ0v) is 17.2. The number of hydrogen-bond acceptors (Lipinski definition) is 5. The molecular weight excluding hydrogens is 435 g/mol. The highest BCUT2D eigenvalue weighted by atomic mass is 35.5. The van der Waals surface area contributed by atoms with Crippen molar-refractivity contribution in [1.82, 2.24) is 14.1 Å². The summed E-state index contributed by atoms with van der Waals surface area (Å²) in [5, 5.41) is 11.9. The largest absolute Gasteiger partial charge is 0.480 e. The normalized spacial score (nSPS) is 10.9. The molecule has 1 aromatic carbocycles. The van der Waals surface area contributed by atoms with Gasteiger partial charge in [-0.2, -0.15) is 0 Å². The first-order chi connectivity index (χ1) is 14.2. The molecule has 0 unspecified atom stereocenters. The number of nitrogens with one attached hydrogen (secondary N) is 1.